The zero-order valence-corrected chi connectivity index (χ0v) is 9.24. The van der Waals surface area contributed by atoms with Gasteiger partial charge in [-0.25, -0.2) is 4.79 Å². The molecule has 15 heavy (non-hydrogen) atoms. The van der Waals surface area contributed by atoms with E-state index in [1.807, 2.05) is 4.90 Å². The minimum atomic E-state index is 0.123. The van der Waals surface area contributed by atoms with Crippen LogP contribution in [0, 0.1) is 11.8 Å². The molecule has 2 aliphatic rings. The number of carbonyl (C=O) groups is 1. The van der Waals surface area contributed by atoms with E-state index < -0.39 is 0 Å². The zero-order chi connectivity index (χ0) is 10.7. The Kier molecular flexibility index (Phi) is 3.46. The van der Waals surface area contributed by atoms with Crippen LogP contribution in [0.3, 0.4) is 0 Å². The quantitative estimate of drug-likeness (QED) is 0.724. The van der Waals surface area contributed by atoms with Crippen LogP contribution in [-0.2, 0) is 0 Å². The van der Waals surface area contributed by atoms with Crippen LogP contribution in [-0.4, -0.2) is 37.1 Å². The highest BCUT2D eigenvalue weighted by Crippen LogP contribution is 2.27. The summed E-state index contributed by atoms with van der Waals surface area (Å²) in [7, 11) is 0. The number of urea groups is 1. The smallest absolute Gasteiger partial charge is 0.317 e. The molecule has 4 nitrogen and oxygen atoms in total. The van der Waals surface area contributed by atoms with Crippen molar-refractivity contribution >= 4 is 6.03 Å². The maximum absolute atomic E-state index is 11.7. The van der Waals surface area contributed by atoms with Gasteiger partial charge in [0.1, 0.15) is 0 Å². The summed E-state index contributed by atoms with van der Waals surface area (Å²) in [4.78, 5) is 13.6. The van der Waals surface area contributed by atoms with Crippen molar-refractivity contribution in [2.75, 3.05) is 26.2 Å². The van der Waals surface area contributed by atoms with E-state index in [4.69, 9.17) is 5.73 Å². The van der Waals surface area contributed by atoms with Crippen LogP contribution in [0.15, 0.2) is 0 Å². The van der Waals surface area contributed by atoms with E-state index >= 15 is 0 Å². The molecule has 1 saturated heterocycles. The normalized spacial score (nSPS) is 22.9. The van der Waals surface area contributed by atoms with E-state index in [0.29, 0.717) is 5.92 Å². The molecule has 0 unspecified atom stereocenters. The third kappa shape index (κ3) is 3.09. The molecule has 0 aromatic heterocycles. The summed E-state index contributed by atoms with van der Waals surface area (Å²) < 4.78 is 0. The number of amides is 2. The predicted octanol–water partition coefficient (Wildman–Crippen LogP) is 0.777. The summed E-state index contributed by atoms with van der Waals surface area (Å²) in [5.74, 6) is 1.38. The van der Waals surface area contributed by atoms with Crippen molar-refractivity contribution < 1.29 is 4.79 Å². The number of nitrogens with zero attached hydrogens (tertiary/aromatic N) is 1. The second kappa shape index (κ2) is 4.84. The van der Waals surface area contributed by atoms with Crippen molar-refractivity contribution in [1.82, 2.24) is 10.2 Å². The van der Waals surface area contributed by atoms with Crippen LogP contribution >= 0.6 is 0 Å². The molecule has 0 bridgehead atoms. The lowest BCUT2D eigenvalue weighted by Gasteiger charge is -2.31. The standard InChI is InChI=1S/C11H21N3O/c12-7-9-3-5-14(6-4-9)11(15)13-8-10-1-2-10/h9-10H,1-8,12H2,(H,13,15). The van der Waals surface area contributed by atoms with Gasteiger partial charge in [0.2, 0.25) is 0 Å². The summed E-state index contributed by atoms with van der Waals surface area (Å²) in [5, 5.41) is 3.00. The monoisotopic (exact) mass is 211 g/mol. The van der Waals surface area contributed by atoms with Crippen LogP contribution in [0.5, 0.6) is 0 Å². The van der Waals surface area contributed by atoms with Gasteiger partial charge < -0.3 is 16.0 Å². The first kappa shape index (κ1) is 10.7. The third-order valence-corrected chi connectivity index (χ3v) is 3.47. The minimum Gasteiger partial charge on any atom is -0.338 e. The Hall–Kier alpha value is -0.770. The highest BCUT2D eigenvalue weighted by molar-refractivity contribution is 5.74. The Morgan fingerprint density at radius 2 is 1.87 bits per heavy atom. The summed E-state index contributed by atoms with van der Waals surface area (Å²) in [6, 6.07) is 0.123. The number of hydrogen-bond acceptors (Lipinski definition) is 2. The van der Waals surface area contributed by atoms with Crippen molar-refractivity contribution in [1.29, 1.82) is 0 Å². The minimum absolute atomic E-state index is 0.123. The molecule has 0 aromatic rings. The van der Waals surface area contributed by atoms with E-state index in [-0.39, 0.29) is 6.03 Å². The Labute approximate surface area is 91.2 Å². The van der Waals surface area contributed by atoms with E-state index in [1.165, 1.54) is 12.8 Å². The molecule has 1 heterocycles. The van der Waals surface area contributed by atoms with Gasteiger partial charge in [0.25, 0.3) is 0 Å². The molecule has 1 saturated carbocycles. The molecule has 1 aliphatic heterocycles. The van der Waals surface area contributed by atoms with Gasteiger partial charge in [-0.1, -0.05) is 0 Å². The summed E-state index contributed by atoms with van der Waals surface area (Å²) in [6.07, 6.45) is 4.70. The van der Waals surface area contributed by atoms with Gasteiger partial charge in [0, 0.05) is 19.6 Å². The maximum Gasteiger partial charge on any atom is 0.317 e. The molecule has 2 fully saturated rings. The Balaban J connectivity index is 1.66. The van der Waals surface area contributed by atoms with Crippen molar-refractivity contribution in [2.24, 2.45) is 17.6 Å². The molecule has 86 valence electrons. The average molecular weight is 211 g/mol. The number of nitrogens with one attached hydrogen (secondary N) is 1. The Morgan fingerprint density at radius 3 is 2.40 bits per heavy atom. The fraction of sp³-hybridized carbons (Fsp3) is 0.909. The molecule has 1 aliphatic carbocycles. The summed E-state index contributed by atoms with van der Waals surface area (Å²) in [6.45, 7) is 3.38. The van der Waals surface area contributed by atoms with Crippen molar-refractivity contribution in [3.05, 3.63) is 0 Å². The van der Waals surface area contributed by atoms with Gasteiger partial charge in [-0.2, -0.15) is 0 Å². The number of nitrogens with two attached hydrogens (primary N) is 1. The first-order valence-electron chi connectivity index (χ1n) is 6.02. The van der Waals surface area contributed by atoms with E-state index in [9.17, 15) is 4.79 Å². The predicted molar refractivity (Wildman–Crippen MR) is 59.5 cm³/mol. The summed E-state index contributed by atoms with van der Waals surface area (Å²) >= 11 is 0. The molecule has 3 N–H and O–H groups in total. The number of carbonyl (C=O) groups excluding carboxylic acids is 1. The van der Waals surface area contributed by atoms with Crippen LogP contribution in [0.1, 0.15) is 25.7 Å². The number of piperidine rings is 1. The van der Waals surface area contributed by atoms with Crippen molar-refractivity contribution in [2.45, 2.75) is 25.7 Å². The number of rotatable bonds is 3. The lowest BCUT2D eigenvalue weighted by Crippen LogP contribution is -2.45. The van der Waals surface area contributed by atoms with Crippen LogP contribution in [0.25, 0.3) is 0 Å². The van der Waals surface area contributed by atoms with Crippen LogP contribution < -0.4 is 11.1 Å². The molecular formula is C11H21N3O. The zero-order valence-electron chi connectivity index (χ0n) is 9.24. The van der Waals surface area contributed by atoms with E-state index in [0.717, 1.165) is 44.9 Å². The van der Waals surface area contributed by atoms with Gasteiger partial charge in [-0.05, 0) is 44.1 Å². The molecule has 2 rings (SSSR count). The van der Waals surface area contributed by atoms with Gasteiger partial charge in [0.05, 0.1) is 0 Å². The molecule has 2 amide bonds. The fourth-order valence-electron chi connectivity index (χ4n) is 2.04. The molecule has 0 radical (unpaired) electrons. The molecule has 0 spiro atoms. The Morgan fingerprint density at radius 1 is 1.20 bits per heavy atom. The van der Waals surface area contributed by atoms with Gasteiger partial charge in [0.15, 0.2) is 0 Å². The molecule has 0 aromatic carbocycles. The maximum atomic E-state index is 11.7. The second-order valence-electron chi connectivity index (χ2n) is 4.80. The topological polar surface area (TPSA) is 58.4 Å². The second-order valence-corrected chi connectivity index (χ2v) is 4.80. The average Bonchev–Trinajstić information content (AvgIpc) is 3.10. The first-order chi connectivity index (χ1) is 7.29. The van der Waals surface area contributed by atoms with Crippen LogP contribution in [0.4, 0.5) is 4.79 Å². The highest BCUT2D eigenvalue weighted by Gasteiger charge is 2.25. The van der Waals surface area contributed by atoms with E-state index in [2.05, 4.69) is 5.32 Å². The number of likely N-dealkylation sites (tertiary alicyclic amines) is 1. The highest BCUT2D eigenvalue weighted by atomic mass is 16.2. The van der Waals surface area contributed by atoms with Gasteiger partial charge in [-0.15, -0.1) is 0 Å². The van der Waals surface area contributed by atoms with Gasteiger partial charge >= 0.3 is 6.03 Å². The largest absolute Gasteiger partial charge is 0.338 e. The molecule has 4 heteroatoms. The van der Waals surface area contributed by atoms with E-state index in [1.54, 1.807) is 0 Å². The fourth-order valence-corrected chi connectivity index (χ4v) is 2.04. The summed E-state index contributed by atoms with van der Waals surface area (Å²) in [5.41, 5.74) is 5.61. The molecule has 0 atom stereocenters. The molecular weight excluding hydrogens is 190 g/mol. The number of hydrogen-bond donors (Lipinski definition) is 2. The lowest BCUT2D eigenvalue weighted by atomic mass is 9.97. The van der Waals surface area contributed by atoms with Crippen molar-refractivity contribution in [3.63, 3.8) is 0 Å². The third-order valence-electron chi connectivity index (χ3n) is 3.47. The first-order valence-corrected chi connectivity index (χ1v) is 6.02. The van der Waals surface area contributed by atoms with Gasteiger partial charge in [-0.3, -0.25) is 0 Å². The van der Waals surface area contributed by atoms with Crippen molar-refractivity contribution in [3.8, 4) is 0 Å². The van der Waals surface area contributed by atoms with Crippen LogP contribution in [0.2, 0.25) is 0 Å². The lowest BCUT2D eigenvalue weighted by molar-refractivity contribution is 0.171. The SMILES string of the molecule is NCC1CCN(C(=O)NCC2CC2)CC1. The Bertz CT molecular complexity index is 220.